The molecule has 0 saturated carbocycles. The number of benzene rings is 1. The van der Waals surface area contributed by atoms with Gasteiger partial charge in [-0.1, -0.05) is 40.1 Å². The summed E-state index contributed by atoms with van der Waals surface area (Å²) in [5, 5.41) is 11.9. The van der Waals surface area contributed by atoms with Gasteiger partial charge in [0, 0.05) is 15.6 Å². The summed E-state index contributed by atoms with van der Waals surface area (Å²) in [6.07, 6.45) is 0. The van der Waals surface area contributed by atoms with Crippen molar-refractivity contribution in [1.82, 2.24) is 10.1 Å². The summed E-state index contributed by atoms with van der Waals surface area (Å²) in [5.41, 5.74) is 5.90. The average Bonchev–Trinajstić information content (AvgIpc) is 2.73. The minimum atomic E-state index is 0.000509. The number of halogens is 2. The standard InChI is InChI=1S/C10H8Cl2N4OS/c11-6-1-5(2-7(12)3-6)9-15-8(17-16-9)4-18-10(13)14/h1-3H,4H2,(H3,13,14). The van der Waals surface area contributed by atoms with Crippen LogP contribution < -0.4 is 5.73 Å². The molecule has 8 heteroatoms. The molecule has 0 aliphatic carbocycles. The molecule has 0 fully saturated rings. The number of rotatable bonds is 3. The Hall–Kier alpha value is -1.24. The van der Waals surface area contributed by atoms with Crippen LogP contribution in [0.3, 0.4) is 0 Å². The van der Waals surface area contributed by atoms with Crippen molar-refractivity contribution in [2.45, 2.75) is 5.75 Å². The van der Waals surface area contributed by atoms with E-state index in [2.05, 4.69) is 10.1 Å². The molecule has 94 valence electrons. The molecule has 0 aliphatic rings. The van der Waals surface area contributed by atoms with E-state index in [1.807, 2.05) is 0 Å². The Morgan fingerprint density at radius 1 is 1.33 bits per heavy atom. The van der Waals surface area contributed by atoms with E-state index in [4.69, 9.17) is 38.9 Å². The summed E-state index contributed by atoms with van der Waals surface area (Å²) < 4.78 is 5.03. The predicted molar refractivity (Wildman–Crippen MR) is 73.0 cm³/mol. The number of nitrogens with two attached hydrogens (primary N) is 1. The average molecular weight is 303 g/mol. The second kappa shape index (κ2) is 5.60. The molecule has 2 aromatic rings. The van der Waals surface area contributed by atoms with Crippen LogP contribution in [0.25, 0.3) is 11.4 Å². The van der Waals surface area contributed by atoms with Crippen molar-refractivity contribution < 1.29 is 4.52 Å². The van der Waals surface area contributed by atoms with E-state index in [9.17, 15) is 0 Å². The van der Waals surface area contributed by atoms with E-state index in [-0.39, 0.29) is 5.17 Å². The van der Waals surface area contributed by atoms with E-state index >= 15 is 0 Å². The quantitative estimate of drug-likeness (QED) is 0.671. The molecule has 0 saturated heterocycles. The molecule has 0 bridgehead atoms. The summed E-state index contributed by atoms with van der Waals surface area (Å²) in [4.78, 5) is 4.17. The van der Waals surface area contributed by atoms with Crippen LogP contribution in [-0.4, -0.2) is 15.3 Å². The van der Waals surface area contributed by atoms with Crippen molar-refractivity contribution in [3.8, 4) is 11.4 Å². The third kappa shape index (κ3) is 3.38. The molecule has 0 spiro atoms. The molecule has 1 aromatic carbocycles. The van der Waals surface area contributed by atoms with Gasteiger partial charge in [0.1, 0.15) is 0 Å². The first-order valence-corrected chi connectivity index (χ1v) is 6.54. The van der Waals surface area contributed by atoms with Crippen LogP contribution in [0.4, 0.5) is 0 Å². The Morgan fingerprint density at radius 2 is 2.00 bits per heavy atom. The lowest BCUT2D eigenvalue weighted by Crippen LogP contribution is -2.03. The fourth-order valence-electron chi connectivity index (χ4n) is 1.25. The zero-order valence-electron chi connectivity index (χ0n) is 8.98. The fraction of sp³-hybridized carbons (Fsp3) is 0.100. The highest BCUT2D eigenvalue weighted by Gasteiger charge is 2.10. The van der Waals surface area contributed by atoms with Gasteiger partial charge in [0.25, 0.3) is 0 Å². The molecule has 0 aliphatic heterocycles. The zero-order valence-corrected chi connectivity index (χ0v) is 11.3. The van der Waals surface area contributed by atoms with Crippen molar-refractivity contribution in [2.75, 3.05) is 0 Å². The molecule has 0 unspecified atom stereocenters. The predicted octanol–water partition coefficient (Wildman–Crippen LogP) is 3.17. The number of amidine groups is 1. The normalized spacial score (nSPS) is 10.6. The number of aromatic nitrogens is 2. The largest absolute Gasteiger partial charge is 0.379 e. The smallest absolute Gasteiger partial charge is 0.237 e. The first-order chi connectivity index (χ1) is 8.54. The Bertz CT molecular complexity index is 567. The summed E-state index contributed by atoms with van der Waals surface area (Å²) in [6.45, 7) is 0. The molecule has 5 nitrogen and oxygen atoms in total. The van der Waals surface area contributed by atoms with Crippen molar-refractivity contribution in [3.63, 3.8) is 0 Å². The van der Waals surface area contributed by atoms with Crippen molar-refractivity contribution >= 4 is 40.1 Å². The van der Waals surface area contributed by atoms with E-state index in [1.165, 1.54) is 0 Å². The van der Waals surface area contributed by atoms with Crippen LogP contribution in [0.5, 0.6) is 0 Å². The number of hydrogen-bond donors (Lipinski definition) is 2. The first-order valence-electron chi connectivity index (χ1n) is 4.80. The van der Waals surface area contributed by atoms with E-state index in [0.29, 0.717) is 33.1 Å². The van der Waals surface area contributed by atoms with Crippen LogP contribution in [0.1, 0.15) is 5.89 Å². The molecule has 0 radical (unpaired) electrons. The van der Waals surface area contributed by atoms with Crippen LogP contribution in [-0.2, 0) is 5.75 Å². The van der Waals surface area contributed by atoms with Crippen LogP contribution >= 0.6 is 35.0 Å². The van der Waals surface area contributed by atoms with Gasteiger partial charge < -0.3 is 10.3 Å². The van der Waals surface area contributed by atoms with Gasteiger partial charge in [-0.3, -0.25) is 5.41 Å². The Kier molecular flexibility index (Phi) is 4.11. The highest BCUT2D eigenvalue weighted by atomic mass is 35.5. The van der Waals surface area contributed by atoms with Gasteiger partial charge in [-0.2, -0.15) is 4.98 Å². The van der Waals surface area contributed by atoms with E-state index in [0.717, 1.165) is 11.8 Å². The monoisotopic (exact) mass is 302 g/mol. The topological polar surface area (TPSA) is 88.8 Å². The number of thioether (sulfide) groups is 1. The molecular formula is C10H8Cl2N4OS. The molecule has 1 aromatic heterocycles. The maximum Gasteiger partial charge on any atom is 0.237 e. The van der Waals surface area contributed by atoms with Crippen LogP contribution in [0, 0.1) is 5.41 Å². The SMILES string of the molecule is N=C(N)SCc1nc(-c2cc(Cl)cc(Cl)c2)no1. The van der Waals surface area contributed by atoms with Crippen molar-refractivity contribution in [3.05, 3.63) is 34.1 Å². The molecule has 2 rings (SSSR count). The van der Waals surface area contributed by atoms with Crippen molar-refractivity contribution in [1.29, 1.82) is 5.41 Å². The van der Waals surface area contributed by atoms with Gasteiger partial charge in [0.2, 0.25) is 11.7 Å². The lowest BCUT2D eigenvalue weighted by molar-refractivity contribution is 0.392. The number of hydrogen-bond acceptors (Lipinski definition) is 5. The third-order valence-electron chi connectivity index (χ3n) is 1.94. The molecule has 0 atom stereocenters. The van der Waals surface area contributed by atoms with Gasteiger partial charge >= 0.3 is 0 Å². The third-order valence-corrected chi connectivity index (χ3v) is 3.08. The fourth-order valence-corrected chi connectivity index (χ4v) is 2.18. The van der Waals surface area contributed by atoms with Crippen molar-refractivity contribution in [2.24, 2.45) is 5.73 Å². The van der Waals surface area contributed by atoms with Gasteiger partial charge in [-0.25, -0.2) is 0 Å². The highest BCUT2D eigenvalue weighted by molar-refractivity contribution is 8.12. The maximum atomic E-state index is 7.09. The second-order valence-electron chi connectivity index (χ2n) is 3.32. The second-order valence-corrected chi connectivity index (χ2v) is 5.21. The number of nitrogens with zero attached hydrogens (tertiary/aromatic N) is 2. The van der Waals surface area contributed by atoms with Gasteiger partial charge in [-0.05, 0) is 18.2 Å². The minimum Gasteiger partial charge on any atom is -0.379 e. The minimum absolute atomic E-state index is 0.000509. The highest BCUT2D eigenvalue weighted by Crippen LogP contribution is 2.25. The molecule has 1 heterocycles. The Morgan fingerprint density at radius 3 is 2.61 bits per heavy atom. The van der Waals surface area contributed by atoms with Gasteiger partial charge in [0.15, 0.2) is 5.17 Å². The molecule has 0 amide bonds. The summed E-state index contributed by atoms with van der Waals surface area (Å²) >= 11 is 12.9. The Balaban J connectivity index is 2.21. The van der Waals surface area contributed by atoms with Gasteiger partial charge in [0.05, 0.1) is 5.75 Å². The lowest BCUT2D eigenvalue weighted by Gasteiger charge is -1.97. The van der Waals surface area contributed by atoms with E-state index < -0.39 is 0 Å². The first kappa shape index (κ1) is 13.2. The van der Waals surface area contributed by atoms with Gasteiger partial charge in [-0.15, -0.1) is 0 Å². The summed E-state index contributed by atoms with van der Waals surface area (Å²) in [5.74, 6) is 1.15. The molecular weight excluding hydrogens is 295 g/mol. The molecule has 18 heavy (non-hydrogen) atoms. The number of nitrogens with one attached hydrogen (secondary N) is 1. The zero-order chi connectivity index (χ0) is 13.1. The van der Waals surface area contributed by atoms with Crippen LogP contribution in [0.15, 0.2) is 22.7 Å². The molecule has 3 N–H and O–H groups in total. The summed E-state index contributed by atoms with van der Waals surface area (Å²) in [7, 11) is 0. The maximum absolute atomic E-state index is 7.09. The summed E-state index contributed by atoms with van der Waals surface area (Å²) in [6, 6.07) is 5.01. The Labute approximate surface area is 117 Å². The van der Waals surface area contributed by atoms with Crippen LogP contribution in [0.2, 0.25) is 10.0 Å². The lowest BCUT2D eigenvalue weighted by atomic mass is 10.2. The van der Waals surface area contributed by atoms with E-state index in [1.54, 1.807) is 18.2 Å².